The molecule has 3 aliphatic rings. The number of carbonyl (C=O) groups is 3. The number of hydrogen-bond acceptors (Lipinski definition) is 7. The Morgan fingerprint density at radius 2 is 1.67 bits per heavy atom. The van der Waals surface area contributed by atoms with Crippen LogP contribution in [-0.4, -0.2) is 64.5 Å². The number of hydrazine groups is 1. The average Bonchev–Trinajstić information content (AvgIpc) is 3.49. The molecular formula is C26H30ClN5O4. The maximum atomic E-state index is 13.5. The molecule has 3 fully saturated rings. The van der Waals surface area contributed by atoms with Gasteiger partial charge in [-0.1, -0.05) is 60.1 Å². The molecule has 0 radical (unpaired) electrons. The smallest absolute Gasteiger partial charge is 0.321 e. The molecule has 3 saturated heterocycles. The van der Waals surface area contributed by atoms with Crippen molar-refractivity contribution < 1.29 is 19.5 Å². The highest BCUT2D eigenvalue weighted by atomic mass is 35.5. The molecular weight excluding hydrogens is 482 g/mol. The van der Waals surface area contributed by atoms with Crippen molar-refractivity contribution in [3.05, 3.63) is 66.2 Å². The molecule has 2 aromatic rings. The molecule has 0 aliphatic carbocycles. The molecule has 3 aliphatic heterocycles. The van der Waals surface area contributed by atoms with Crippen LogP contribution in [0.3, 0.4) is 0 Å². The lowest BCUT2D eigenvalue weighted by atomic mass is 9.81. The Morgan fingerprint density at radius 1 is 1.03 bits per heavy atom. The van der Waals surface area contributed by atoms with Gasteiger partial charge in [0.25, 0.3) is 0 Å². The summed E-state index contributed by atoms with van der Waals surface area (Å²) in [5.41, 5.74) is 4.79. The predicted octanol–water partition coefficient (Wildman–Crippen LogP) is 1.40. The number of nitrogens with zero attached hydrogens (tertiary/aromatic N) is 2. The number of carbonyl (C=O) groups excluding carboxylic acids is 2. The second-order valence-corrected chi connectivity index (χ2v) is 10.1. The second-order valence-electron chi connectivity index (χ2n) is 9.62. The van der Waals surface area contributed by atoms with Gasteiger partial charge in [0, 0.05) is 37.6 Å². The van der Waals surface area contributed by atoms with Crippen LogP contribution in [0.1, 0.15) is 12.5 Å². The zero-order valence-corrected chi connectivity index (χ0v) is 20.6. The Bertz CT molecular complexity index is 1120. The molecule has 3 heterocycles. The number of anilines is 1. The van der Waals surface area contributed by atoms with Crippen molar-refractivity contribution in [3.8, 4) is 0 Å². The molecule has 5 rings (SSSR count). The number of halogens is 1. The zero-order valence-electron chi connectivity index (χ0n) is 19.9. The Morgan fingerprint density at radius 3 is 2.33 bits per heavy atom. The Hall–Kier alpha value is -2.98. The number of alkyl halides is 1. The van der Waals surface area contributed by atoms with E-state index in [1.807, 2.05) is 72.6 Å². The SMILES string of the molecule is CC1NN(c2ccccc2)C(Cl)C1C1NC(C(=O)O)C2C(=O)N(CCNCc3ccccc3)C(=O)C12. The van der Waals surface area contributed by atoms with Crippen molar-refractivity contribution in [3.63, 3.8) is 0 Å². The van der Waals surface area contributed by atoms with E-state index in [1.54, 1.807) is 0 Å². The van der Waals surface area contributed by atoms with Crippen molar-refractivity contribution in [1.82, 2.24) is 21.0 Å². The van der Waals surface area contributed by atoms with Crippen LogP contribution < -0.4 is 21.1 Å². The number of nitrogens with one attached hydrogen (secondary N) is 3. The van der Waals surface area contributed by atoms with E-state index in [-0.39, 0.29) is 24.4 Å². The number of benzene rings is 2. The van der Waals surface area contributed by atoms with E-state index in [1.165, 1.54) is 4.90 Å². The molecule has 7 atom stereocenters. The lowest BCUT2D eigenvalue weighted by Gasteiger charge is -2.30. The number of carboxylic acid groups (broad SMARTS) is 1. The van der Waals surface area contributed by atoms with E-state index in [0.29, 0.717) is 13.1 Å². The van der Waals surface area contributed by atoms with Crippen molar-refractivity contribution in [2.75, 3.05) is 18.1 Å². The molecule has 0 spiro atoms. The number of rotatable bonds is 8. The fraction of sp³-hybridized carbons (Fsp3) is 0.423. The summed E-state index contributed by atoms with van der Waals surface area (Å²) in [6.07, 6.45) is 0. The van der Waals surface area contributed by atoms with E-state index < -0.39 is 41.3 Å². The van der Waals surface area contributed by atoms with Crippen LogP contribution in [0, 0.1) is 17.8 Å². The summed E-state index contributed by atoms with van der Waals surface area (Å²) in [5, 5.41) is 18.1. The molecule has 0 aromatic heterocycles. The van der Waals surface area contributed by atoms with Crippen LogP contribution in [0.5, 0.6) is 0 Å². The van der Waals surface area contributed by atoms with Crippen molar-refractivity contribution in [2.24, 2.45) is 17.8 Å². The molecule has 7 unspecified atom stereocenters. The van der Waals surface area contributed by atoms with E-state index in [0.717, 1.165) is 11.3 Å². The summed E-state index contributed by atoms with van der Waals surface area (Å²) < 4.78 is 0. The van der Waals surface area contributed by atoms with Crippen LogP contribution in [-0.2, 0) is 20.9 Å². The maximum Gasteiger partial charge on any atom is 0.321 e. The second kappa shape index (κ2) is 10.2. The summed E-state index contributed by atoms with van der Waals surface area (Å²) in [6.45, 7) is 3.18. The number of likely N-dealkylation sites (tertiary alicyclic amines) is 1. The number of carboxylic acids is 1. The third kappa shape index (κ3) is 4.37. The van der Waals surface area contributed by atoms with Gasteiger partial charge in [-0.3, -0.25) is 29.6 Å². The third-order valence-electron chi connectivity index (χ3n) is 7.49. The third-order valence-corrected chi connectivity index (χ3v) is 7.98. The fourth-order valence-corrected chi connectivity index (χ4v) is 6.35. The van der Waals surface area contributed by atoms with E-state index in [9.17, 15) is 19.5 Å². The Kier molecular flexibility index (Phi) is 6.98. The van der Waals surface area contributed by atoms with Gasteiger partial charge in [-0.25, -0.2) is 5.43 Å². The molecule has 190 valence electrons. The summed E-state index contributed by atoms with van der Waals surface area (Å²) in [6, 6.07) is 17.6. The van der Waals surface area contributed by atoms with Crippen LogP contribution in [0.4, 0.5) is 5.69 Å². The van der Waals surface area contributed by atoms with E-state index in [4.69, 9.17) is 11.6 Å². The Labute approximate surface area is 214 Å². The monoisotopic (exact) mass is 511 g/mol. The van der Waals surface area contributed by atoms with E-state index >= 15 is 0 Å². The van der Waals surface area contributed by atoms with Gasteiger partial charge in [-0.2, -0.15) is 0 Å². The highest BCUT2D eigenvalue weighted by molar-refractivity contribution is 6.22. The molecule has 36 heavy (non-hydrogen) atoms. The minimum atomic E-state index is -1.14. The first-order chi connectivity index (χ1) is 17.4. The predicted molar refractivity (Wildman–Crippen MR) is 135 cm³/mol. The summed E-state index contributed by atoms with van der Waals surface area (Å²) in [7, 11) is 0. The first kappa shape index (κ1) is 24.7. The number of amides is 2. The fourth-order valence-electron chi connectivity index (χ4n) is 5.81. The van der Waals surface area contributed by atoms with Gasteiger partial charge in [0.1, 0.15) is 11.5 Å². The quantitative estimate of drug-likeness (QED) is 0.182. The Balaban J connectivity index is 1.32. The molecule has 4 N–H and O–H groups in total. The minimum absolute atomic E-state index is 0.150. The normalized spacial score (nSPS) is 31.8. The summed E-state index contributed by atoms with van der Waals surface area (Å²) in [4.78, 5) is 40.2. The molecule has 10 heteroatoms. The van der Waals surface area contributed by atoms with Crippen LogP contribution in [0.15, 0.2) is 60.7 Å². The number of hydrogen-bond donors (Lipinski definition) is 4. The zero-order chi connectivity index (χ0) is 25.4. The van der Waals surface area contributed by atoms with Gasteiger partial charge >= 0.3 is 5.97 Å². The van der Waals surface area contributed by atoms with Crippen LogP contribution in [0.2, 0.25) is 0 Å². The van der Waals surface area contributed by atoms with Crippen molar-refractivity contribution in [2.45, 2.75) is 37.1 Å². The molecule has 2 amide bonds. The van der Waals surface area contributed by atoms with Crippen molar-refractivity contribution >= 4 is 35.1 Å². The van der Waals surface area contributed by atoms with Gasteiger partial charge in [0.15, 0.2) is 0 Å². The first-order valence-electron chi connectivity index (χ1n) is 12.2. The molecule has 2 aromatic carbocycles. The number of aliphatic carboxylic acids is 1. The molecule has 0 bridgehead atoms. The van der Waals surface area contributed by atoms with Gasteiger partial charge in [-0.05, 0) is 24.6 Å². The summed E-state index contributed by atoms with van der Waals surface area (Å²) >= 11 is 6.91. The van der Waals surface area contributed by atoms with Gasteiger partial charge in [0.2, 0.25) is 11.8 Å². The topological polar surface area (TPSA) is 114 Å². The van der Waals surface area contributed by atoms with E-state index in [2.05, 4.69) is 16.1 Å². The number of fused-ring (bicyclic) bond motifs is 1. The summed E-state index contributed by atoms with van der Waals surface area (Å²) in [5.74, 6) is -3.94. The van der Waals surface area contributed by atoms with Gasteiger partial charge in [-0.15, -0.1) is 0 Å². The van der Waals surface area contributed by atoms with Crippen LogP contribution in [0.25, 0.3) is 0 Å². The number of para-hydroxylation sites is 1. The highest BCUT2D eigenvalue weighted by Crippen LogP contribution is 2.44. The number of imide groups is 1. The highest BCUT2D eigenvalue weighted by Gasteiger charge is 2.64. The van der Waals surface area contributed by atoms with Crippen LogP contribution >= 0.6 is 11.6 Å². The standard InChI is InChI=1S/C26H30ClN5O4/c1-15-18(23(27)32(30-15)17-10-6-3-7-11-17)21-19-20(22(29-21)26(35)36)25(34)31(24(19)33)13-12-28-14-16-8-4-2-5-9-16/h2-11,15,18-23,28-30H,12-14H2,1H3,(H,35,36). The lowest BCUT2D eigenvalue weighted by molar-refractivity contribution is -0.146. The van der Waals surface area contributed by atoms with Gasteiger partial charge < -0.3 is 10.4 Å². The average molecular weight is 512 g/mol. The minimum Gasteiger partial charge on any atom is -0.480 e. The van der Waals surface area contributed by atoms with Gasteiger partial charge in [0.05, 0.1) is 17.5 Å². The lowest BCUT2D eigenvalue weighted by Crippen LogP contribution is -2.51. The largest absolute Gasteiger partial charge is 0.480 e. The van der Waals surface area contributed by atoms with Crippen molar-refractivity contribution in [1.29, 1.82) is 0 Å². The molecule has 0 saturated carbocycles. The molecule has 9 nitrogen and oxygen atoms in total. The maximum absolute atomic E-state index is 13.5. The first-order valence-corrected chi connectivity index (χ1v) is 12.7.